The van der Waals surface area contributed by atoms with E-state index in [0.717, 1.165) is 32.5 Å². The number of nitrogens with zero attached hydrogens (tertiary/aromatic N) is 1. The largest absolute Gasteiger partial charge is 0.489 e. The van der Waals surface area contributed by atoms with Gasteiger partial charge in [0.25, 0.3) is 5.91 Å². The molecule has 1 amide bonds. The monoisotopic (exact) mass is 416 g/mol. The quantitative estimate of drug-likeness (QED) is 0.659. The van der Waals surface area contributed by atoms with Gasteiger partial charge in [0.05, 0.1) is 11.6 Å². The summed E-state index contributed by atoms with van der Waals surface area (Å²) in [6.07, 6.45) is 2.06. The van der Waals surface area contributed by atoms with Gasteiger partial charge in [0.1, 0.15) is 11.9 Å². The summed E-state index contributed by atoms with van der Waals surface area (Å²) in [5.41, 5.74) is 3.15. The molecule has 1 aliphatic heterocycles. The Kier molecular flexibility index (Phi) is 7.92. The van der Waals surface area contributed by atoms with Gasteiger partial charge in [-0.3, -0.25) is 9.69 Å². The van der Waals surface area contributed by atoms with Crippen molar-refractivity contribution < 1.29 is 14.3 Å². The minimum Gasteiger partial charge on any atom is -0.489 e. The number of piperidine rings is 1. The molecule has 5 nitrogen and oxygen atoms in total. The summed E-state index contributed by atoms with van der Waals surface area (Å²) >= 11 is 6.36. The van der Waals surface area contributed by atoms with Crippen LogP contribution in [0, 0.1) is 6.92 Å². The molecule has 0 radical (unpaired) electrons. The van der Waals surface area contributed by atoms with E-state index in [4.69, 9.17) is 21.1 Å². The highest BCUT2D eigenvalue weighted by molar-refractivity contribution is 6.32. The van der Waals surface area contributed by atoms with Gasteiger partial charge in [-0.2, -0.15) is 0 Å². The van der Waals surface area contributed by atoms with Crippen LogP contribution in [0.5, 0.6) is 5.75 Å². The molecule has 156 valence electrons. The molecule has 1 saturated heterocycles. The van der Waals surface area contributed by atoms with Gasteiger partial charge in [-0.15, -0.1) is 0 Å². The number of hydrogen-bond acceptors (Lipinski definition) is 4. The second-order valence-electron chi connectivity index (χ2n) is 7.47. The SMILES string of the molecule is COCCNC(=O)c1ccc(OC2CCN(Cc3ccc(C)cc3)CC2)c(Cl)c1. The molecular formula is C23H29ClN2O3. The molecule has 29 heavy (non-hydrogen) atoms. The Labute approximate surface area is 177 Å². The van der Waals surface area contributed by atoms with Gasteiger partial charge in [-0.05, 0) is 43.5 Å². The van der Waals surface area contributed by atoms with E-state index in [0.29, 0.717) is 29.5 Å². The molecule has 0 unspecified atom stereocenters. The Balaban J connectivity index is 1.48. The first-order valence-electron chi connectivity index (χ1n) is 10.1. The van der Waals surface area contributed by atoms with Crippen molar-refractivity contribution in [3.05, 3.63) is 64.2 Å². The highest BCUT2D eigenvalue weighted by Crippen LogP contribution is 2.28. The van der Waals surface area contributed by atoms with Crippen LogP contribution in [0.25, 0.3) is 0 Å². The standard InChI is InChI=1S/C23H29ClN2O3/c1-17-3-5-18(6-4-17)16-26-12-9-20(10-13-26)29-22-8-7-19(15-21(22)24)23(27)25-11-14-28-2/h3-8,15,20H,9-14,16H2,1-2H3,(H,25,27). The number of halogens is 1. The second kappa shape index (κ2) is 10.6. The minimum absolute atomic E-state index is 0.142. The summed E-state index contributed by atoms with van der Waals surface area (Å²) in [5, 5.41) is 3.25. The molecule has 2 aromatic carbocycles. The van der Waals surface area contributed by atoms with Gasteiger partial charge in [0, 0.05) is 38.9 Å². The lowest BCUT2D eigenvalue weighted by molar-refractivity contribution is 0.0935. The van der Waals surface area contributed by atoms with Crippen LogP contribution >= 0.6 is 11.6 Å². The zero-order valence-electron chi connectivity index (χ0n) is 17.1. The predicted molar refractivity (Wildman–Crippen MR) is 116 cm³/mol. The van der Waals surface area contributed by atoms with Gasteiger partial charge < -0.3 is 14.8 Å². The molecule has 3 rings (SSSR count). The maximum Gasteiger partial charge on any atom is 0.251 e. The summed E-state index contributed by atoms with van der Waals surface area (Å²) < 4.78 is 11.1. The van der Waals surface area contributed by atoms with Crippen molar-refractivity contribution >= 4 is 17.5 Å². The van der Waals surface area contributed by atoms with Crippen LogP contribution in [0.1, 0.15) is 34.3 Å². The maximum absolute atomic E-state index is 12.1. The zero-order chi connectivity index (χ0) is 20.6. The lowest BCUT2D eigenvalue weighted by Gasteiger charge is -2.32. The molecular weight excluding hydrogens is 388 g/mol. The van der Waals surface area contributed by atoms with Crippen molar-refractivity contribution in [3.63, 3.8) is 0 Å². The zero-order valence-corrected chi connectivity index (χ0v) is 17.9. The molecule has 0 spiro atoms. The highest BCUT2D eigenvalue weighted by Gasteiger charge is 2.21. The van der Waals surface area contributed by atoms with Crippen LogP contribution in [-0.4, -0.2) is 50.3 Å². The van der Waals surface area contributed by atoms with Crippen LogP contribution in [0.4, 0.5) is 0 Å². The summed E-state index contributed by atoms with van der Waals surface area (Å²) in [5.74, 6) is 0.469. The minimum atomic E-state index is -0.167. The average Bonchev–Trinajstić information content (AvgIpc) is 2.72. The molecule has 0 bridgehead atoms. The topological polar surface area (TPSA) is 50.8 Å². The third-order valence-corrected chi connectivity index (χ3v) is 5.44. The number of hydrogen-bond donors (Lipinski definition) is 1. The lowest BCUT2D eigenvalue weighted by atomic mass is 10.1. The fourth-order valence-corrected chi connectivity index (χ4v) is 3.65. The molecule has 6 heteroatoms. The van der Waals surface area contributed by atoms with E-state index in [1.54, 1.807) is 25.3 Å². The Morgan fingerprint density at radius 2 is 1.90 bits per heavy atom. The normalized spacial score (nSPS) is 15.3. The van der Waals surface area contributed by atoms with Crippen LogP contribution in [0.2, 0.25) is 5.02 Å². The molecule has 1 N–H and O–H groups in total. The number of aryl methyl sites for hydroxylation is 1. The fourth-order valence-electron chi connectivity index (χ4n) is 3.42. The van der Waals surface area contributed by atoms with Crippen molar-refractivity contribution in [2.45, 2.75) is 32.4 Å². The Morgan fingerprint density at radius 3 is 2.55 bits per heavy atom. The van der Waals surface area contributed by atoms with Crippen molar-refractivity contribution in [3.8, 4) is 5.75 Å². The molecule has 1 heterocycles. The molecule has 0 saturated carbocycles. The van der Waals surface area contributed by atoms with Crippen LogP contribution in [0.15, 0.2) is 42.5 Å². The van der Waals surface area contributed by atoms with Crippen molar-refractivity contribution in [2.24, 2.45) is 0 Å². The van der Waals surface area contributed by atoms with E-state index in [9.17, 15) is 4.79 Å². The van der Waals surface area contributed by atoms with Gasteiger partial charge in [0.15, 0.2) is 0 Å². The number of carbonyl (C=O) groups excluding carboxylic acids is 1. The summed E-state index contributed by atoms with van der Waals surface area (Å²) in [4.78, 5) is 14.6. The molecule has 1 fully saturated rings. The number of carbonyl (C=O) groups is 1. The predicted octanol–water partition coefficient (Wildman–Crippen LogP) is 4.07. The molecule has 2 aromatic rings. The first kappa shape index (κ1) is 21.6. The van der Waals surface area contributed by atoms with Crippen molar-refractivity contribution in [2.75, 3.05) is 33.4 Å². The summed E-state index contributed by atoms with van der Waals surface area (Å²) in [6, 6.07) is 13.9. The molecule has 0 aliphatic carbocycles. The molecule has 0 atom stereocenters. The Bertz CT molecular complexity index is 802. The van der Waals surface area contributed by atoms with Gasteiger partial charge in [-0.25, -0.2) is 0 Å². The maximum atomic E-state index is 12.1. The lowest BCUT2D eigenvalue weighted by Crippen LogP contribution is -2.37. The van der Waals surface area contributed by atoms with Crippen molar-refractivity contribution in [1.82, 2.24) is 10.2 Å². The number of likely N-dealkylation sites (tertiary alicyclic amines) is 1. The molecule has 0 aromatic heterocycles. The van der Waals surface area contributed by atoms with E-state index in [2.05, 4.69) is 41.4 Å². The van der Waals surface area contributed by atoms with Crippen LogP contribution in [0.3, 0.4) is 0 Å². The Morgan fingerprint density at radius 1 is 1.17 bits per heavy atom. The van der Waals surface area contributed by atoms with E-state index in [-0.39, 0.29) is 12.0 Å². The first-order chi connectivity index (χ1) is 14.0. The number of amides is 1. The Hall–Kier alpha value is -2.08. The fraction of sp³-hybridized carbons (Fsp3) is 0.435. The highest BCUT2D eigenvalue weighted by atomic mass is 35.5. The third kappa shape index (κ3) is 6.46. The van der Waals surface area contributed by atoms with Gasteiger partial charge >= 0.3 is 0 Å². The summed E-state index contributed by atoms with van der Waals surface area (Å²) in [6.45, 7) is 6.01. The average molecular weight is 417 g/mol. The van der Waals surface area contributed by atoms with Crippen molar-refractivity contribution in [1.29, 1.82) is 0 Å². The number of rotatable bonds is 8. The van der Waals surface area contributed by atoms with E-state index < -0.39 is 0 Å². The first-order valence-corrected chi connectivity index (χ1v) is 10.4. The van der Waals surface area contributed by atoms with Gasteiger partial charge in [-0.1, -0.05) is 41.4 Å². The van der Waals surface area contributed by atoms with Crippen LogP contribution < -0.4 is 10.1 Å². The van der Waals surface area contributed by atoms with E-state index in [1.165, 1.54) is 11.1 Å². The summed E-state index contributed by atoms with van der Waals surface area (Å²) in [7, 11) is 1.60. The number of benzene rings is 2. The third-order valence-electron chi connectivity index (χ3n) is 5.14. The van der Waals surface area contributed by atoms with E-state index in [1.807, 2.05) is 0 Å². The number of nitrogens with one attached hydrogen (secondary N) is 1. The van der Waals surface area contributed by atoms with Gasteiger partial charge in [0.2, 0.25) is 0 Å². The van der Waals surface area contributed by atoms with Crippen LogP contribution in [-0.2, 0) is 11.3 Å². The second-order valence-corrected chi connectivity index (χ2v) is 7.88. The van der Waals surface area contributed by atoms with E-state index >= 15 is 0 Å². The smallest absolute Gasteiger partial charge is 0.251 e. The molecule has 1 aliphatic rings. The number of ether oxygens (including phenoxy) is 2. The number of methoxy groups -OCH3 is 1.